The number of amides is 1. The number of nitrogens with two attached hydrogens (primary N) is 1. The zero-order chi connectivity index (χ0) is 15.4. The first-order valence-electron chi connectivity index (χ1n) is 5.93. The number of carbonyl (C=O) groups is 1. The number of nitrogens with one attached hydrogen (secondary N) is 1. The van der Waals surface area contributed by atoms with Gasteiger partial charge >= 0.3 is 0 Å². The minimum atomic E-state index is -0.921. The molecule has 0 atom stereocenters. The summed E-state index contributed by atoms with van der Waals surface area (Å²) in [6, 6.07) is 1.84. The number of benzene rings is 1. The lowest BCUT2D eigenvalue weighted by molar-refractivity contribution is 0.102. The third-order valence-corrected chi connectivity index (χ3v) is 3.36. The van der Waals surface area contributed by atoms with Crippen molar-refractivity contribution < 1.29 is 13.6 Å². The number of halogens is 2. The van der Waals surface area contributed by atoms with E-state index in [-0.39, 0.29) is 22.8 Å². The molecule has 1 heterocycles. The Bertz CT molecular complexity index is 746. The van der Waals surface area contributed by atoms with E-state index in [2.05, 4.69) is 22.1 Å². The molecule has 0 spiro atoms. The van der Waals surface area contributed by atoms with Crippen LogP contribution in [-0.4, -0.2) is 17.4 Å². The van der Waals surface area contributed by atoms with E-state index < -0.39 is 17.5 Å². The molecule has 0 saturated heterocycles. The average molecular weight is 307 g/mol. The van der Waals surface area contributed by atoms with Crippen LogP contribution in [-0.2, 0) is 0 Å². The maximum absolute atomic E-state index is 13.6. The third kappa shape index (κ3) is 3.62. The molecular formula is C14H11F2N3OS. The Morgan fingerprint density at radius 3 is 2.90 bits per heavy atom. The molecule has 2 aromatic rings. The summed E-state index contributed by atoms with van der Waals surface area (Å²) >= 11 is 1.14. The van der Waals surface area contributed by atoms with Gasteiger partial charge in [0.25, 0.3) is 5.91 Å². The van der Waals surface area contributed by atoms with Crippen LogP contribution in [0.5, 0.6) is 0 Å². The lowest BCUT2D eigenvalue weighted by atomic mass is 10.1. The highest BCUT2D eigenvalue weighted by molar-refractivity contribution is 7.16. The summed E-state index contributed by atoms with van der Waals surface area (Å²) in [6.07, 6.45) is 1.48. The summed E-state index contributed by atoms with van der Waals surface area (Å²) in [5, 5.41) is 2.73. The van der Waals surface area contributed by atoms with Gasteiger partial charge in [0, 0.05) is 6.07 Å². The fraction of sp³-hybridized carbons (Fsp3) is 0.143. The van der Waals surface area contributed by atoms with Crippen molar-refractivity contribution in [2.24, 2.45) is 5.73 Å². The Labute approximate surface area is 124 Å². The smallest absolute Gasteiger partial charge is 0.260 e. The molecule has 1 aromatic carbocycles. The van der Waals surface area contributed by atoms with E-state index in [1.54, 1.807) is 0 Å². The molecule has 21 heavy (non-hydrogen) atoms. The van der Waals surface area contributed by atoms with E-state index in [0.29, 0.717) is 10.9 Å². The first-order chi connectivity index (χ1) is 10.0. The van der Waals surface area contributed by atoms with Gasteiger partial charge < -0.3 is 5.73 Å². The van der Waals surface area contributed by atoms with Gasteiger partial charge in [0.15, 0.2) is 5.13 Å². The summed E-state index contributed by atoms with van der Waals surface area (Å²) in [7, 11) is 0. The van der Waals surface area contributed by atoms with Crippen LogP contribution in [0.2, 0.25) is 0 Å². The molecule has 2 rings (SSSR count). The molecule has 1 amide bonds. The minimum absolute atomic E-state index is 0.190. The minimum Gasteiger partial charge on any atom is -0.320 e. The predicted molar refractivity (Wildman–Crippen MR) is 77.1 cm³/mol. The lowest BCUT2D eigenvalue weighted by Crippen LogP contribution is -2.14. The standard InChI is InChI=1S/C14H11F2N3OS/c1-8-5-10(12(16)6-11(8)15)13(20)19-14-18-7-9(21-14)3-2-4-17/h5-7H,4,17H2,1H3,(H,18,19,20). The van der Waals surface area contributed by atoms with Crippen molar-refractivity contribution in [3.8, 4) is 11.8 Å². The van der Waals surface area contributed by atoms with Crippen LogP contribution in [0.4, 0.5) is 13.9 Å². The molecule has 0 fully saturated rings. The zero-order valence-corrected chi connectivity index (χ0v) is 11.9. The van der Waals surface area contributed by atoms with Gasteiger partial charge in [-0.3, -0.25) is 10.1 Å². The van der Waals surface area contributed by atoms with E-state index in [0.717, 1.165) is 17.4 Å². The number of aryl methyl sites for hydroxylation is 1. The Balaban J connectivity index is 2.18. The van der Waals surface area contributed by atoms with Crippen LogP contribution in [0, 0.1) is 30.4 Å². The molecule has 108 valence electrons. The van der Waals surface area contributed by atoms with E-state index in [1.165, 1.54) is 13.1 Å². The van der Waals surface area contributed by atoms with Gasteiger partial charge in [0.2, 0.25) is 0 Å². The second kappa shape index (κ2) is 6.43. The number of carbonyl (C=O) groups excluding carboxylic acids is 1. The first kappa shape index (κ1) is 15.1. The molecule has 0 bridgehead atoms. The van der Waals surface area contributed by atoms with E-state index in [9.17, 15) is 13.6 Å². The van der Waals surface area contributed by atoms with Gasteiger partial charge in [0.05, 0.1) is 23.2 Å². The van der Waals surface area contributed by atoms with Gasteiger partial charge in [-0.2, -0.15) is 0 Å². The molecule has 1 aromatic heterocycles. The number of nitrogens with zero attached hydrogens (tertiary/aromatic N) is 1. The number of anilines is 1. The largest absolute Gasteiger partial charge is 0.320 e. The van der Waals surface area contributed by atoms with Crippen molar-refractivity contribution in [3.63, 3.8) is 0 Å². The third-order valence-electron chi connectivity index (χ3n) is 2.53. The van der Waals surface area contributed by atoms with Crippen molar-refractivity contribution in [1.82, 2.24) is 4.98 Å². The molecule has 0 aliphatic heterocycles. The van der Waals surface area contributed by atoms with Gasteiger partial charge in [0.1, 0.15) is 11.6 Å². The lowest BCUT2D eigenvalue weighted by Gasteiger charge is -2.05. The zero-order valence-electron chi connectivity index (χ0n) is 11.0. The van der Waals surface area contributed by atoms with Gasteiger partial charge in [-0.25, -0.2) is 13.8 Å². The second-order valence-electron chi connectivity index (χ2n) is 4.07. The number of rotatable bonds is 2. The normalized spacial score (nSPS) is 9.90. The van der Waals surface area contributed by atoms with Crippen LogP contribution in [0.3, 0.4) is 0 Å². The molecule has 0 aliphatic rings. The molecule has 0 unspecified atom stereocenters. The molecule has 0 aliphatic carbocycles. The summed E-state index contributed by atoms with van der Waals surface area (Å²) in [4.78, 5) is 16.5. The second-order valence-corrected chi connectivity index (χ2v) is 5.10. The molecule has 4 nitrogen and oxygen atoms in total. The van der Waals surface area contributed by atoms with Crippen LogP contribution in [0.25, 0.3) is 0 Å². The summed E-state index contributed by atoms with van der Waals surface area (Å²) in [5.74, 6) is 3.12. The quantitative estimate of drug-likeness (QED) is 0.837. The fourth-order valence-corrected chi connectivity index (χ4v) is 2.21. The highest BCUT2D eigenvalue weighted by Gasteiger charge is 2.15. The van der Waals surface area contributed by atoms with Crippen LogP contribution >= 0.6 is 11.3 Å². The Kier molecular flexibility index (Phi) is 4.62. The monoisotopic (exact) mass is 307 g/mol. The van der Waals surface area contributed by atoms with Crippen molar-refractivity contribution in [3.05, 3.63) is 46.0 Å². The van der Waals surface area contributed by atoms with Crippen molar-refractivity contribution >= 4 is 22.4 Å². The van der Waals surface area contributed by atoms with Crippen molar-refractivity contribution in [1.29, 1.82) is 0 Å². The summed E-state index contributed by atoms with van der Waals surface area (Å²) in [6.45, 7) is 1.68. The van der Waals surface area contributed by atoms with Crippen LogP contribution in [0.1, 0.15) is 20.8 Å². The average Bonchev–Trinajstić information content (AvgIpc) is 2.88. The number of thiazole rings is 1. The maximum Gasteiger partial charge on any atom is 0.260 e. The highest BCUT2D eigenvalue weighted by Crippen LogP contribution is 2.20. The molecule has 7 heteroatoms. The Morgan fingerprint density at radius 2 is 2.19 bits per heavy atom. The van der Waals surface area contributed by atoms with Crippen LogP contribution in [0.15, 0.2) is 18.3 Å². The number of aromatic nitrogens is 1. The first-order valence-corrected chi connectivity index (χ1v) is 6.74. The summed E-state index contributed by atoms with van der Waals surface area (Å²) in [5.41, 5.74) is 5.20. The highest BCUT2D eigenvalue weighted by atomic mass is 32.1. The van der Waals surface area contributed by atoms with Crippen LogP contribution < -0.4 is 11.1 Å². The van der Waals surface area contributed by atoms with Crippen molar-refractivity contribution in [2.75, 3.05) is 11.9 Å². The molecule has 0 radical (unpaired) electrons. The number of hydrogen-bond acceptors (Lipinski definition) is 4. The van der Waals surface area contributed by atoms with E-state index in [4.69, 9.17) is 5.73 Å². The van der Waals surface area contributed by atoms with Gasteiger partial charge in [-0.15, -0.1) is 0 Å². The topological polar surface area (TPSA) is 68.0 Å². The van der Waals surface area contributed by atoms with E-state index in [1.807, 2.05) is 0 Å². The summed E-state index contributed by atoms with van der Waals surface area (Å²) < 4.78 is 26.8. The van der Waals surface area contributed by atoms with Gasteiger partial charge in [-0.1, -0.05) is 23.2 Å². The van der Waals surface area contributed by atoms with Crippen molar-refractivity contribution in [2.45, 2.75) is 6.92 Å². The number of hydrogen-bond donors (Lipinski definition) is 2. The fourth-order valence-electron chi connectivity index (χ4n) is 1.52. The Hall–Kier alpha value is -2.30. The molecular weight excluding hydrogens is 296 g/mol. The SMILES string of the molecule is Cc1cc(C(=O)Nc2ncc(C#CCN)s2)c(F)cc1F. The van der Waals surface area contributed by atoms with Gasteiger partial charge in [-0.05, 0) is 18.6 Å². The predicted octanol–water partition coefficient (Wildman–Crippen LogP) is 2.29. The maximum atomic E-state index is 13.6. The Morgan fingerprint density at radius 1 is 1.43 bits per heavy atom. The van der Waals surface area contributed by atoms with E-state index >= 15 is 0 Å². The molecule has 3 N–H and O–H groups in total. The molecule has 0 saturated carbocycles.